The Kier molecular flexibility index (Phi) is 20.3. The zero-order chi connectivity index (χ0) is 24.1. The van der Waals surface area contributed by atoms with Crippen molar-refractivity contribution in [2.75, 3.05) is 54.4 Å². The third-order valence-electron chi connectivity index (χ3n) is 6.87. The van der Waals surface area contributed by atoms with Crippen LogP contribution < -0.4 is 5.73 Å². The van der Waals surface area contributed by atoms with Crippen LogP contribution in [0.15, 0.2) is 0 Å². The van der Waals surface area contributed by atoms with Gasteiger partial charge in [-0.25, -0.2) is 0 Å². The molecule has 0 amide bonds. The monoisotopic (exact) mass is 454 g/mol. The Bertz CT molecular complexity index is 441. The molecule has 32 heavy (non-hydrogen) atoms. The Balaban J connectivity index is 4.08. The second kappa shape index (κ2) is 20.8. The highest BCUT2D eigenvalue weighted by Crippen LogP contribution is 2.12. The molecule has 0 rings (SSSR count). The first-order valence-electron chi connectivity index (χ1n) is 14.2. The molecule has 0 aromatic rings. The average Bonchev–Trinajstić information content (AvgIpc) is 2.75. The van der Waals surface area contributed by atoms with Gasteiger partial charge in [0.2, 0.25) is 0 Å². The van der Waals surface area contributed by atoms with E-state index in [-0.39, 0.29) is 0 Å². The van der Waals surface area contributed by atoms with Crippen molar-refractivity contribution in [2.45, 2.75) is 123 Å². The lowest BCUT2D eigenvalue weighted by Crippen LogP contribution is -2.46. The van der Waals surface area contributed by atoms with Crippen molar-refractivity contribution in [2.24, 2.45) is 5.73 Å². The number of nitrogens with zero attached hydrogens (tertiary/aromatic N) is 3. The van der Waals surface area contributed by atoms with Gasteiger partial charge in [0.1, 0.15) is 0 Å². The lowest BCUT2D eigenvalue weighted by atomic mass is 10.1. The molecular formula is C28H62N4+2. The summed E-state index contributed by atoms with van der Waals surface area (Å²) in [6.07, 6.45) is 23.4. The maximum atomic E-state index is 6.43. The van der Waals surface area contributed by atoms with Gasteiger partial charge in [0.25, 0.3) is 0 Å². The Hall–Kier alpha value is -0.770. The van der Waals surface area contributed by atoms with Crippen LogP contribution in [-0.2, 0) is 0 Å². The van der Waals surface area contributed by atoms with Crippen molar-refractivity contribution in [1.82, 2.24) is 4.90 Å². The van der Waals surface area contributed by atoms with E-state index in [4.69, 9.17) is 5.73 Å². The minimum absolute atomic E-state index is 0.932. The first-order valence-corrected chi connectivity index (χ1v) is 14.2. The Morgan fingerprint density at radius 1 is 0.594 bits per heavy atom. The predicted molar refractivity (Wildman–Crippen MR) is 145 cm³/mol. The van der Waals surface area contributed by atoms with Crippen molar-refractivity contribution < 1.29 is 9.06 Å². The van der Waals surface area contributed by atoms with Crippen molar-refractivity contribution in [1.29, 1.82) is 0 Å². The normalized spacial score (nSPS) is 11.7. The molecule has 0 aliphatic carbocycles. The number of hydrogen-bond acceptors (Lipinski definition) is 0. The summed E-state index contributed by atoms with van der Waals surface area (Å²) >= 11 is 0. The average molecular weight is 455 g/mol. The summed E-state index contributed by atoms with van der Waals surface area (Å²) in [6.45, 7) is 9.31. The molecule has 0 aliphatic heterocycles. The zero-order valence-corrected chi connectivity index (χ0v) is 23.3. The molecule has 4 heteroatoms. The molecule has 0 radical (unpaired) electrons. The standard InChI is InChI=1S/C28H61N4/c1-7-9-11-13-15-17-19-21-24-31(28(29)30(3)4)25-23-27-32(5,6)26-22-20-18-16-14-12-10-8-2/h29H,7-27H2,1-6H3/q+1/p+1. The molecule has 192 valence electrons. The molecule has 0 unspecified atom stereocenters. The smallest absolute Gasteiger partial charge is 0.328 e. The van der Waals surface area contributed by atoms with Gasteiger partial charge < -0.3 is 4.48 Å². The van der Waals surface area contributed by atoms with E-state index in [1.807, 2.05) is 0 Å². The molecule has 0 spiro atoms. The molecule has 2 N–H and O–H groups in total. The van der Waals surface area contributed by atoms with Crippen molar-refractivity contribution in [3.8, 4) is 0 Å². The first kappa shape index (κ1) is 31.2. The quantitative estimate of drug-likeness (QED) is 0.0655. The molecule has 0 fully saturated rings. The van der Waals surface area contributed by atoms with E-state index in [0.717, 1.165) is 23.5 Å². The van der Waals surface area contributed by atoms with Crippen molar-refractivity contribution in [3.63, 3.8) is 0 Å². The van der Waals surface area contributed by atoms with Gasteiger partial charge in [0.05, 0.1) is 54.4 Å². The number of guanidine groups is 1. The van der Waals surface area contributed by atoms with E-state index in [1.54, 1.807) is 0 Å². The Morgan fingerprint density at radius 3 is 1.44 bits per heavy atom. The van der Waals surface area contributed by atoms with Crippen LogP contribution in [0.4, 0.5) is 0 Å². The highest BCUT2D eigenvalue weighted by atomic mass is 15.3. The van der Waals surface area contributed by atoms with Crippen molar-refractivity contribution in [3.05, 3.63) is 0 Å². The van der Waals surface area contributed by atoms with Gasteiger partial charge in [0.15, 0.2) is 0 Å². The van der Waals surface area contributed by atoms with Crippen LogP contribution in [0, 0.1) is 0 Å². The van der Waals surface area contributed by atoms with Crippen LogP contribution in [0.2, 0.25) is 0 Å². The molecule has 0 saturated carbocycles. The molecule has 0 atom stereocenters. The predicted octanol–water partition coefficient (Wildman–Crippen LogP) is 6.62. The van der Waals surface area contributed by atoms with E-state index < -0.39 is 0 Å². The van der Waals surface area contributed by atoms with Gasteiger partial charge in [-0.2, -0.15) is 0 Å². The first-order chi connectivity index (χ1) is 15.3. The number of hydrogen-bond donors (Lipinski definition) is 1. The fraction of sp³-hybridized carbons (Fsp3) is 0.964. The maximum absolute atomic E-state index is 6.43. The molecule has 0 aliphatic rings. The van der Waals surface area contributed by atoms with E-state index >= 15 is 0 Å². The van der Waals surface area contributed by atoms with Gasteiger partial charge in [-0.1, -0.05) is 97.3 Å². The van der Waals surface area contributed by atoms with Gasteiger partial charge in [-0.3, -0.25) is 15.2 Å². The molecule has 0 saturated heterocycles. The fourth-order valence-electron chi connectivity index (χ4n) is 4.54. The third kappa shape index (κ3) is 18.8. The zero-order valence-electron chi connectivity index (χ0n) is 23.3. The van der Waals surface area contributed by atoms with Gasteiger partial charge in [-0.05, 0) is 19.3 Å². The molecular weight excluding hydrogens is 392 g/mol. The summed E-state index contributed by atoms with van der Waals surface area (Å²) in [5.41, 5.74) is 6.43. The third-order valence-corrected chi connectivity index (χ3v) is 6.87. The topological polar surface area (TPSA) is 32.3 Å². The largest absolute Gasteiger partial charge is 0.345 e. The van der Waals surface area contributed by atoms with E-state index in [9.17, 15) is 0 Å². The Morgan fingerprint density at radius 2 is 0.969 bits per heavy atom. The van der Waals surface area contributed by atoms with E-state index in [0.29, 0.717) is 0 Å². The summed E-state index contributed by atoms with van der Waals surface area (Å²) in [4.78, 5) is 2.42. The lowest BCUT2D eigenvalue weighted by Gasteiger charge is -2.30. The van der Waals surface area contributed by atoms with E-state index in [2.05, 4.69) is 51.5 Å². The van der Waals surface area contributed by atoms with Crippen LogP contribution in [0.25, 0.3) is 0 Å². The van der Waals surface area contributed by atoms with Gasteiger partial charge >= 0.3 is 5.96 Å². The SMILES string of the molecule is CCCCCCCCCCN(CCC[N+](C)(C)CCCCCCCCCC)C(N)=[N+](C)C. The van der Waals surface area contributed by atoms with Crippen LogP contribution in [0.3, 0.4) is 0 Å². The minimum atomic E-state index is 0.932. The molecule has 0 aromatic carbocycles. The fourth-order valence-corrected chi connectivity index (χ4v) is 4.54. The summed E-state index contributed by atoms with van der Waals surface area (Å²) in [7, 11) is 8.95. The Labute approximate surface area is 203 Å². The number of quaternary nitrogens is 1. The van der Waals surface area contributed by atoms with E-state index in [1.165, 1.54) is 122 Å². The minimum Gasteiger partial charge on any atom is -0.328 e. The number of unbranched alkanes of at least 4 members (excludes halogenated alkanes) is 14. The molecule has 0 aromatic heterocycles. The highest BCUT2D eigenvalue weighted by Gasteiger charge is 2.19. The van der Waals surface area contributed by atoms with Crippen LogP contribution >= 0.6 is 0 Å². The molecule has 0 bridgehead atoms. The van der Waals surface area contributed by atoms with Crippen LogP contribution in [0.5, 0.6) is 0 Å². The van der Waals surface area contributed by atoms with Crippen molar-refractivity contribution >= 4 is 5.96 Å². The lowest BCUT2D eigenvalue weighted by molar-refractivity contribution is -0.890. The summed E-state index contributed by atoms with van der Waals surface area (Å²) in [5.74, 6) is 0.932. The summed E-state index contributed by atoms with van der Waals surface area (Å²) in [5, 5.41) is 0. The second-order valence-electron chi connectivity index (χ2n) is 10.9. The number of nitrogens with two attached hydrogens (primary N) is 1. The molecule has 0 heterocycles. The number of rotatable bonds is 22. The van der Waals surface area contributed by atoms with Crippen LogP contribution in [-0.4, -0.2) is 74.3 Å². The van der Waals surface area contributed by atoms with Gasteiger partial charge in [0, 0.05) is 6.42 Å². The van der Waals surface area contributed by atoms with Crippen LogP contribution in [0.1, 0.15) is 123 Å². The summed E-state index contributed by atoms with van der Waals surface area (Å²) in [6, 6.07) is 0. The summed E-state index contributed by atoms with van der Waals surface area (Å²) < 4.78 is 3.22. The molecule has 4 nitrogen and oxygen atoms in total. The second-order valence-corrected chi connectivity index (χ2v) is 10.9. The van der Waals surface area contributed by atoms with Gasteiger partial charge in [-0.15, -0.1) is 0 Å². The maximum Gasteiger partial charge on any atom is 0.345 e. The highest BCUT2D eigenvalue weighted by molar-refractivity contribution is 5.72.